The van der Waals surface area contributed by atoms with E-state index in [1.807, 2.05) is 0 Å². The van der Waals surface area contributed by atoms with Crippen LogP contribution in [0.3, 0.4) is 0 Å². The molecule has 0 unspecified atom stereocenters. The predicted octanol–water partition coefficient (Wildman–Crippen LogP) is 1.65. The van der Waals surface area contributed by atoms with Crippen molar-refractivity contribution in [2.24, 2.45) is 17.8 Å². The maximum atomic E-state index is 11.8. The van der Waals surface area contributed by atoms with Gasteiger partial charge < -0.3 is 28.9 Å². The molecule has 0 aliphatic rings. The van der Waals surface area contributed by atoms with E-state index >= 15 is 0 Å². The molecule has 1 aromatic heterocycles. The Bertz CT molecular complexity index is 699. The summed E-state index contributed by atoms with van der Waals surface area (Å²) in [6.45, 7) is 10.2. The van der Waals surface area contributed by atoms with Crippen LogP contribution in [0.4, 0.5) is 17.8 Å². The van der Waals surface area contributed by atoms with Gasteiger partial charge in [0.05, 0.1) is 17.8 Å². The van der Waals surface area contributed by atoms with E-state index in [0.717, 1.165) is 0 Å². The zero-order valence-electron chi connectivity index (χ0n) is 21.0. The van der Waals surface area contributed by atoms with Crippen molar-refractivity contribution in [2.75, 3.05) is 56.0 Å². The second-order valence-electron chi connectivity index (χ2n) is 8.57. The fourth-order valence-corrected chi connectivity index (χ4v) is 2.01. The summed E-state index contributed by atoms with van der Waals surface area (Å²) < 4.78 is 15.8. The standard InChI is InChI=1S/C21H36N6O6/c1-13(2)16(28)31-10-25(7)19-22-20(26(8)11-32-17(29)14(3)4)24-21(23-19)27(9)12-33-18(30)15(5)6/h13-15H,10-12H2,1-9H3. The summed E-state index contributed by atoms with van der Waals surface area (Å²) >= 11 is 0. The summed E-state index contributed by atoms with van der Waals surface area (Å²) in [5.41, 5.74) is 0. The Kier molecular flexibility index (Phi) is 10.8. The van der Waals surface area contributed by atoms with Crippen LogP contribution < -0.4 is 14.7 Å². The maximum absolute atomic E-state index is 11.8. The molecule has 0 radical (unpaired) electrons. The maximum Gasteiger partial charge on any atom is 0.310 e. The molecule has 0 aliphatic heterocycles. The number of hydrogen-bond acceptors (Lipinski definition) is 12. The third-order valence-corrected chi connectivity index (χ3v) is 4.24. The van der Waals surface area contributed by atoms with E-state index in [2.05, 4.69) is 15.0 Å². The van der Waals surface area contributed by atoms with E-state index in [1.54, 1.807) is 62.7 Å². The molecule has 0 fully saturated rings. The van der Waals surface area contributed by atoms with Crippen LogP contribution in [0.1, 0.15) is 41.5 Å². The molecule has 33 heavy (non-hydrogen) atoms. The van der Waals surface area contributed by atoms with Crippen molar-refractivity contribution in [3.8, 4) is 0 Å². The number of esters is 3. The molecule has 1 aromatic rings. The summed E-state index contributed by atoms with van der Waals surface area (Å²) in [5.74, 6) is -1.23. The van der Waals surface area contributed by atoms with Crippen LogP contribution in [-0.2, 0) is 28.6 Å². The van der Waals surface area contributed by atoms with E-state index in [1.165, 1.54) is 14.7 Å². The van der Waals surface area contributed by atoms with Crippen molar-refractivity contribution in [1.29, 1.82) is 0 Å². The fourth-order valence-electron chi connectivity index (χ4n) is 2.01. The Morgan fingerprint density at radius 1 is 0.576 bits per heavy atom. The minimum atomic E-state index is -0.355. The van der Waals surface area contributed by atoms with Crippen molar-refractivity contribution in [2.45, 2.75) is 41.5 Å². The summed E-state index contributed by atoms with van der Waals surface area (Å²) in [5, 5.41) is 0. The van der Waals surface area contributed by atoms with E-state index in [9.17, 15) is 14.4 Å². The Hall–Kier alpha value is -3.18. The van der Waals surface area contributed by atoms with E-state index in [4.69, 9.17) is 14.2 Å². The zero-order chi connectivity index (χ0) is 25.3. The normalized spacial score (nSPS) is 10.9. The van der Waals surface area contributed by atoms with Gasteiger partial charge in [-0.3, -0.25) is 14.4 Å². The van der Waals surface area contributed by atoms with Crippen molar-refractivity contribution >= 4 is 35.8 Å². The molecule has 186 valence electrons. The number of nitrogens with zero attached hydrogens (tertiary/aromatic N) is 6. The summed E-state index contributed by atoms with van der Waals surface area (Å²) in [7, 11) is 4.98. The van der Waals surface area contributed by atoms with Gasteiger partial charge >= 0.3 is 17.9 Å². The van der Waals surface area contributed by atoms with E-state index < -0.39 is 0 Å². The molecule has 1 rings (SSSR count). The first kappa shape index (κ1) is 27.9. The van der Waals surface area contributed by atoms with E-state index in [-0.39, 0.29) is 73.7 Å². The molecule has 0 atom stereocenters. The Balaban J connectivity index is 3.11. The van der Waals surface area contributed by atoms with Crippen LogP contribution in [0.15, 0.2) is 0 Å². The van der Waals surface area contributed by atoms with Gasteiger partial charge in [0, 0.05) is 21.1 Å². The van der Waals surface area contributed by atoms with Crippen LogP contribution >= 0.6 is 0 Å². The average Bonchev–Trinajstić information content (AvgIpc) is 2.77. The lowest BCUT2D eigenvalue weighted by atomic mass is 10.2. The third kappa shape index (κ3) is 9.07. The van der Waals surface area contributed by atoms with Crippen molar-refractivity contribution in [3.63, 3.8) is 0 Å². The number of anilines is 3. The van der Waals surface area contributed by atoms with Gasteiger partial charge in [0.1, 0.15) is 0 Å². The molecule has 0 spiro atoms. The van der Waals surface area contributed by atoms with Crippen molar-refractivity contribution in [1.82, 2.24) is 15.0 Å². The second-order valence-corrected chi connectivity index (χ2v) is 8.57. The average molecular weight is 469 g/mol. The van der Waals surface area contributed by atoms with Crippen LogP contribution in [0.2, 0.25) is 0 Å². The first-order chi connectivity index (χ1) is 15.3. The first-order valence-corrected chi connectivity index (χ1v) is 10.7. The van der Waals surface area contributed by atoms with Gasteiger partial charge in [0.15, 0.2) is 20.2 Å². The predicted molar refractivity (Wildman–Crippen MR) is 122 cm³/mol. The number of ether oxygens (including phenoxy) is 3. The smallest absolute Gasteiger partial charge is 0.310 e. The Morgan fingerprint density at radius 2 is 0.788 bits per heavy atom. The number of carbonyl (C=O) groups excluding carboxylic acids is 3. The molecule has 12 heteroatoms. The molecule has 0 saturated carbocycles. The Labute approximate surface area is 195 Å². The molecule has 0 aliphatic carbocycles. The number of aromatic nitrogens is 3. The summed E-state index contributed by atoms with van der Waals surface area (Å²) in [4.78, 5) is 53.3. The first-order valence-electron chi connectivity index (χ1n) is 10.7. The molecule has 12 nitrogen and oxygen atoms in total. The topological polar surface area (TPSA) is 127 Å². The van der Waals surface area contributed by atoms with E-state index in [0.29, 0.717) is 0 Å². The molecule has 0 bridgehead atoms. The van der Waals surface area contributed by atoms with Crippen LogP contribution in [0.25, 0.3) is 0 Å². The molecule has 0 aromatic carbocycles. The SMILES string of the molecule is CC(C)C(=O)OCN(C)c1nc(N(C)COC(=O)C(C)C)nc(N(C)COC(=O)C(C)C)n1. The van der Waals surface area contributed by atoms with Gasteiger partial charge in [0.2, 0.25) is 17.8 Å². The highest BCUT2D eigenvalue weighted by molar-refractivity contribution is 5.72. The second kappa shape index (κ2) is 12.8. The molecular weight excluding hydrogens is 432 g/mol. The number of hydrogen-bond donors (Lipinski definition) is 0. The molecule has 1 heterocycles. The molecule has 0 saturated heterocycles. The lowest BCUT2D eigenvalue weighted by molar-refractivity contribution is -0.148. The van der Waals surface area contributed by atoms with Crippen LogP contribution in [0, 0.1) is 17.8 Å². The minimum Gasteiger partial charge on any atom is -0.444 e. The van der Waals surface area contributed by atoms with Crippen molar-refractivity contribution in [3.05, 3.63) is 0 Å². The Morgan fingerprint density at radius 3 is 0.970 bits per heavy atom. The monoisotopic (exact) mass is 468 g/mol. The fraction of sp³-hybridized carbons (Fsp3) is 0.714. The van der Waals surface area contributed by atoms with Gasteiger partial charge in [0.25, 0.3) is 0 Å². The van der Waals surface area contributed by atoms with Crippen LogP contribution in [0.5, 0.6) is 0 Å². The largest absolute Gasteiger partial charge is 0.444 e. The number of carbonyl (C=O) groups is 3. The van der Waals surface area contributed by atoms with Gasteiger partial charge in [-0.1, -0.05) is 41.5 Å². The van der Waals surface area contributed by atoms with Gasteiger partial charge in [-0.25, -0.2) is 0 Å². The zero-order valence-corrected chi connectivity index (χ0v) is 21.0. The lowest BCUT2D eigenvalue weighted by Crippen LogP contribution is -2.32. The van der Waals surface area contributed by atoms with Crippen LogP contribution in [-0.4, -0.2) is 74.2 Å². The molecule has 0 N–H and O–H groups in total. The molecular formula is C21H36N6O6. The summed E-state index contributed by atoms with van der Waals surface area (Å²) in [6, 6.07) is 0. The highest BCUT2D eigenvalue weighted by Crippen LogP contribution is 2.18. The quantitative estimate of drug-likeness (QED) is 0.251. The van der Waals surface area contributed by atoms with Gasteiger partial charge in [-0.05, 0) is 0 Å². The number of rotatable bonds is 12. The summed E-state index contributed by atoms with van der Waals surface area (Å²) in [6.07, 6.45) is 0. The highest BCUT2D eigenvalue weighted by atomic mass is 16.6. The lowest BCUT2D eigenvalue weighted by Gasteiger charge is -2.24. The molecule has 0 amide bonds. The third-order valence-electron chi connectivity index (χ3n) is 4.24. The highest BCUT2D eigenvalue weighted by Gasteiger charge is 2.19. The van der Waals surface area contributed by atoms with Crippen molar-refractivity contribution < 1.29 is 28.6 Å². The minimum absolute atomic E-state index is 0.0714. The van der Waals surface area contributed by atoms with Gasteiger partial charge in [-0.15, -0.1) is 0 Å². The van der Waals surface area contributed by atoms with Gasteiger partial charge in [-0.2, -0.15) is 15.0 Å².